The highest BCUT2D eigenvalue weighted by atomic mass is 127. The second kappa shape index (κ2) is 14.1. The van der Waals surface area contributed by atoms with Crippen LogP contribution in [0.15, 0.2) is 29.3 Å². The van der Waals surface area contributed by atoms with Crippen molar-refractivity contribution < 1.29 is 4.74 Å². The van der Waals surface area contributed by atoms with Crippen LogP contribution in [0.25, 0.3) is 0 Å². The number of hydrogen-bond acceptors (Lipinski definition) is 2. The van der Waals surface area contributed by atoms with E-state index in [0.29, 0.717) is 0 Å². The van der Waals surface area contributed by atoms with Gasteiger partial charge < -0.3 is 15.4 Å². The number of aryl methyl sites for hydroxylation is 1. The molecule has 0 saturated heterocycles. The lowest BCUT2D eigenvalue weighted by Crippen LogP contribution is -2.38. The van der Waals surface area contributed by atoms with Crippen LogP contribution >= 0.6 is 35.6 Å². The highest BCUT2D eigenvalue weighted by molar-refractivity contribution is 14.0. The maximum Gasteiger partial charge on any atom is 0.190 e. The summed E-state index contributed by atoms with van der Waals surface area (Å²) in [5.74, 6) is 0.850. The normalized spacial score (nSPS) is 11.0. The SMILES string of the molecule is CCOCCCNC(=NC)NCCCc1ccc(Cl)cc1.I. The molecule has 6 heteroatoms. The summed E-state index contributed by atoms with van der Waals surface area (Å²) in [6.45, 7) is 5.34. The molecule has 0 heterocycles. The van der Waals surface area contributed by atoms with Crippen molar-refractivity contribution >= 4 is 41.5 Å². The Labute approximate surface area is 156 Å². The lowest BCUT2D eigenvalue weighted by molar-refractivity contribution is 0.145. The fourth-order valence-electron chi connectivity index (χ4n) is 1.90. The molecule has 0 aliphatic carbocycles. The standard InChI is InChI=1S/C16H26ClN3O.HI/c1-3-21-13-5-12-20-16(18-2)19-11-4-6-14-7-9-15(17)10-8-14;/h7-10H,3-6,11-13H2,1-2H3,(H2,18,19,20);1H. The van der Waals surface area contributed by atoms with Gasteiger partial charge in [0.05, 0.1) is 0 Å². The van der Waals surface area contributed by atoms with E-state index in [0.717, 1.165) is 56.5 Å². The summed E-state index contributed by atoms with van der Waals surface area (Å²) in [7, 11) is 1.79. The van der Waals surface area contributed by atoms with E-state index in [9.17, 15) is 0 Å². The number of nitrogens with one attached hydrogen (secondary N) is 2. The van der Waals surface area contributed by atoms with Crippen molar-refractivity contribution in [3.63, 3.8) is 0 Å². The third-order valence-corrected chi connectivity index (χ3v) is 3.29. The third-order valence-electron chi connectivity index (χ3n) is 3.03. The van der Waals surface area contributed by atoms with Gasteiger partial charge in [0, 0.05) is 38.4 Å². The van der Waals surface area contributed by atoms with E-state index in [1.807, 2.05) is 19.1 Å². The number of rotatable bonds is 9. The first-order valence-corrected chi connectivity index (χ1v) is 7.90. The first kappa shape index (κ1) is 21.5. The fourth-order valence-corrected chi connectivity index (χ4v) is 2.02. The Kier molecular flexibility index (Phi) is 13.7. The number of hydrogen-bond donors (Lipinski definition) is 2. The molecule has 0 aliphatic heterocycles. The minimum atomic E-state index is 0. The molecular weight excluding hydrogens is 413 g/mol. The van der Waals surface area contributed by atoms with Crippen LogP contribution in [0.5, 0.6) is 0 Å². The second-order valence-electron chi connectivity index (χ2n) is 4.71. The monoisotopic (exact) mass is 439 g/mol. The zero-order chi connectivity index (χ0) is 15.3. The number of nitrogens with zero attached hydrogens (tertiary/aromatic N) is 1. The van der Waals surface area contributed by atoms with E-state index in [1.54, 1.807) is 7.05 Å². The molecule has 22 heavy (non-hydrogen) atoms. The van der Waals surface area contributed by atoms with Crippen LogP contribution in [0.3, 0.4) is 0 Å². The Morgan fingerprint density at radius 3 is 2.36 bits per heavy atom. The van der Waals surface area contributed by atoms with Gasteiger partial charge in [-0.25, -0.2) is 0 Å². The molecule has 0 spiro atoms. The molecule has 0 radical (unpaired) electrons. The molecule has 1 rings (SSSR count). The van der Waals surface area contributed by atoms with Crippen LogP contribution in [-0.4, -0.2) is 39.3 Å². The summed E-state index contributed by atoms with van der Waals surface area (Å²) in [5, 5.41) is 7.38. The molecule has 2 N–H and O–H groups in total. The maximum absolute atomic E-state index is 5.87. The summed E-state index contributed by atoms with van der Waals surface area (Å²) in [6.07, 6.45) is 3.08. The molecule has 0 aromatic heterocycles. The van der Waals surface area contributed by atoms with E-state index < -0.39 is 0 Å². The van der Waals surface area contributed by atoms with E-state index in [1.165, 1.54) is 5.56 Å². The lowest BCUT2D eigenvalue weighted by atomic mass is 10.1. The summed E-state index contributed by atoms with van der Waals surface area (Å²) >= 11 is 5.87. The highest BCUT2D eigenvalue weighted by Gasteiger charge is 1.98. The van der Waals surface area contributed by atoms with Crippen LogP contribution in [0.4, 0.5) is 0 Å². The topological polar surface area (TPSA) is 45.6 Å². The van der Waals surface area contributed by atoms with Crippen molar-refractivity contribution in [1.82, 2.24) is 10.6 Å². The lowest BCUT2D eigenvalue weighted by Gasteiger charge is -2.11. The first-order valence-electron chi connectivity index (χ1n) is 7.53. The Morgan fingerprint density at radius 2 is 1.77 bits per heavy atom. The van der Waals surface area contributed by atoms with Gasteiger partial charge in [-0.05, 0) is 43.9 Å². The van der Waals surface area contributed by atoms with Crippen molar-refractivity contribution in [1.29, 1.82) is 0 Å². The number of ether oxygens (including phenoxy) is 1. The van der Waals surface area contributed by atoms with E-state index in [2.05, 4.69) is 27.8 Å². The van der Waals surface area contributed by atoms with Gasteiger partial charge in [-0.2, -0.15) is 0 Å². The predicted molar refractivity (Wildman–Crippen MR) is 106 cm³/mol. The Morgan fingerprint density at radius 1 is 1.14 bits per heavy atom. The van der Waals surface area contributed by atoms with Gasteiger partial charge in [0.1, 0.15) is 0 Å². The molecule has 0 atom stereocenters. The van der Waals surface area contributed by atoms with Crippen LogP contribution in [-0.2, 0) is 11.2 Å². The molecule has 0 amide bonds. The van der Waals surface area contributed by atoms with Crippen molar-refractivity contribution in [2.45, 2.75) is 26.2 Å². The number of guanidine groups is 1. The van der Waals surface area contributed by atoms with Crippen molar-refractivity contribution in [2.24, 2.45) is 4.99 Å². The van der Waals surface area contributed by atoms with Crippen LogP contribution < -0.4 is 10.6 Å². The number of benzene rings is 1. The Hall–Kier alpha value is -0.530. The average molecular weight is 440 g/mol. The molecule has 1 aromatic carbocycles. The van der Waals surface area contributed by atoms with Gasteiger partial charge in [0.25, 0.3) is 0 Å². The zero-order valence-corrected chi connectivity index (χ0v) is 16.5. The van der Waals surface area contributed by atoms with Crippen LogP contribution in [0, 0.1) is 0 Å². The predicted octanol–water partition coefficient (Wildman–Crippen LogP) is 3.48. The molecule has 126 valence electrons. The van der Waals surface area contributed by atoms with Gasteiger partial charge in [0.2, 0.25) is 0 Å². The quantitative estimate of drug-likeness (QED) is 0.268. The molecule has 0 fully saturated rings. The molecule has 0 unspecified atom stereocenters. The Balaban J connectivity index is 0.00000441. The smallest absolute Gasteiger partial charge is 0.190 e. The summed E-state index contributed by atoms with van der Waals surface area (Å²) in [6, 6.07) is 8.01. The van der Waals surface area contributed by atoms with Crippen molar-refractivity contribution in [3.8, 4) is 0 Å². The summed E-state index contributed by atoms with van der Waals surface area (Å²) in [5.41, 5.74) is 1.31. The minimum absolute atomic E-state index is 0. The van der Waals surface area contributed by atoms with Gasteiger partial charge >= 0.3 is 0 Å². The van der Waals surface area contributed by atoms with Crippen LogP contribution in [0.2, 0.25) is 5.02 Å². The summed E-state index contributed by atoms with van der Waals surface area (Å²) in [4.78, 5) is 4.20. The number of aliphatic imine (C=N–C) groups is 1. The molecule has 1 aromatic rings. The molecule has 4 nitrogen and oxygen atoms in total. The van der Waals surface area contributed by atoms with E-state index in [4.69, 9.17) is 16.3 Å². The minimum Gasteiger partial charge on any atom is -0.382 e. The van der Waals surface area contributed by atoms with E-state index >= 15 is 0 Å². The molecule has 0 aliphatic rings. The van der Waals surface area contributed by atoms with Crippen LogP contribution in [0.1, 0.15) is 25.3 Å². The van der Waals surface area contributed by atoms with Gasteiger partial charge in [0.15, 0.2) is 5.96 Å². The van der Waals surface area contributed by atoms with Gasteiger partial charge in [-0.1, -0.05) is 23.7 Å². The Bertz CT molecular complexity index is 412. The maximum atomic E-state index is 5.87. The van der Waals surface area contributed by atoms with Crippen molar-refractivity contribution in [3.05, 3.63) is 34.9 Å². The molecule has 0 bridgehead atoms. The zero-order valence-electron chi connectivity index (χ0n) is 13.4. The van der Waals surface area contributed by atoms with E-state index in [-0.39, 0.29) is 24.0 Å². The number of halogens is 2. The first-order chi connectivity index (χ1) is 10.3. The molecule has 0 saturated carbocycles. The summed E-state index contributed by atoms with van der Waals surface area (Å²) < 4.78 is 5.30. The average Bonchev–Trinajstić information content (AvgIpc) is 2.51. The van der Waals surface area contributed by atoms with Gasteiger partial charge in [-0.3, -0.25) is 4.99 Å². The third kappa shape index (κ3) is 10.2. The fraction of sp³-hybridized carbons (Fsp3) is 0.562. The molecular formula is C16H27ClIN3O. The van der Waals surface area contributed by atoms with Gasteiger partial charge in [-0.15, -0.1) is 24.0 Å². The highest BCUT2D eigenvalue weighted by Crippen LogP contribution is 2.10. The van der Waals surface area contributed by atoms with Crippen molar-refractivity contribution in [2.75, 3.05) is 33.4 Å². The largest absolute Gasteiger partial charge is 0.382 e. The second-order valence-corrected chi connectivity index (χ2v) is 5.14.